The van der Waals surface area contributed by atoms with Gasteiger partial charge in [-0.05, 0) is 11.6 Å². The molecule has 0 saturated carbocycles. The molecular weight excluding hydrogens is 250 g/mol. The van der Waals surface area contributed by atoms with Gasteiger partial charge in [-0.1, -0.05) is 18.2 Å². The summed E-state index contributed by atoms with van der Waals surface area (Å²) in [7, 11) is 0. The van der Waals surface area contributed by atoms with Crippen LogP contribution in [0.5, 0.6) is 5.88 Å². The normalized spacial score (nSPS) is 19.3. The maximum atomic E-state index is 5.99. The summed E-state index contributed by atoms with van der Waals surface area (Å²) in [6, 6.07) is 9.89. The van der Waals surface area contributed by atoms with Gasteiger partial charge in [-0.3, -0.25) is 0 Å². The van der Waals surface area contributed by atoms with E-state index in [-0.39, 0.29) is 6.10 Å². The molecule has 4 heteroatoms. The highest BCUT2D eigenvalue weighted by Gasteiger charge is 2.18. The molecule has 1 saturated heterocycles. The highest BCUT2D eigenvalue weighted by atomic mass is 35.5. The molecule has 0 N–H and O–H groups in total. The molecule has 18 heavy (non-hydrogen) atoms. The van der Waals surface area contributed by atoms with Crippen LogP contribution >= 0.6 is 11.6 Å². The smallest absolute Gasteiger partial charge is 0.214 e. The van der Waals surface area contributed by atoms with Crippen molar-refractivity contribution in [3.8, 4) is 5.88 Å². The van der Waals surface area contributed by atoms with E-state index in [9.17, 15) is 0 Å². The number of pyridine rings is 1. The van der Waals surface area contributed by atoms with Crippen molar-refractivity contribution in [1.82, 2.24) is 4.98 Å². The van der Waals surface area contributed by atoms with Gasteiger partial charge in [0.1, 0.15) is 6.10 Å². The van der Waals surface area contributed by atoms with Gasteiger partial charge in [-0.2, -0.15) is 0 Å². The van der Waals surface area contributed by atoms with Crippen molar-refractivity contribution in [2.75, 3.05) is 13.2 Å². The Morgan fingerprint density at radius 2 is 2.28 bits per heavy atom. The first kappa shape index (κ1) is 11.8. The molecule has 0 radical (unpaired) electrons. The molecule has 3 rings (SSSR count). The lowest BCUT2D eigenvalue weighted by molar-refractivity contribution is 0.138. The van der Waals surface area contributed by atoms with Crippen LogP contribution in [0, 0.1) is 0 Å². The number of aromatic nitrogens is 1. The molecule has 1 atom stereocenters. The summed E-state index contributed by atoms with van der Waals surface area (Å²) in [5.74, 6) is 1.10. The van der Waals surface area contributed by atoms with Gasteiger partial charge in [-0.25, -0.2) is 4.98 Å². The Kier molecular flexibility index (Phi) is 3.35. The van der Waals surface area contributed by atoms with Crippen LogP contribution in [0.25, 0.3) is 10.9 Å². The molecule has 0 bridgehead atoms. The number of hydrogen-bond acceptors (Lipinski definition) is 3. The lowest BCUT2D eigenvalue weighted by Gasteiger charge is -2.13. The second-order valence-electron chi connectivity index (χ2n) is 4.37. The van der Waals surface area contributed by atoms with E-state index >= 15 is 0 Å². The van der Waals surface area contributed by atoms with Crippen molar-refractivity contribution < 1.29 is 9.47 Å². The average Bonchev–Trinajstić information content (AvgIpc) is 2.90. The van der Waals surface area contributed by atoms with Crippen LogP contribution in [0.3, 0.4) is 0 Å². The van der Waals surface area contributed by atoms with Crippen LogP contribution in [0.1, 0.15) is 12.0 Å². The quantitative estimate of drug-likeness (QED) is 0.798. The van der Waals surface area contributed by atoms with Gasteiger partial charge in [0.25, 0.3) is 0 Å². The molecule has 94 valence electrons. The standard InChI is InChI=1S/C14H14ClNO2/c15-8-10-7-14(18-11-5-6-17-9-11)16-13-4-2-1-3-12(10)13/h1-4,7,11H,5-6,8-9H2. The van der Waals surface area contributed by atoms with Crippen LogP contribution in [0.2, 0.25) is 0 Å². The Balaban J connectivity index is 1.96. The van der Waals surface area contributed by atoms with E-state index in [2.05, 4.69) is 4.98 Å². The Bertz CT molecular complexity index is 552. The van der Waals surface area contributed by atoms with E-state index in [1.54, 1.807) is 0 Å². The third kappa shape index (κ3) is 2.28. The maximum absolute atomic E-state index is 5.99. The first-order valence-corrected chi connectivity index (χ1v) is 6.59. The minimum Gasteiger partial charge on any atom is -0.472 e. The Morgan fingerprint density at radius 1 is 1.39 bits per heavy atom. The number of alkyl halides is 1. The molecule has 2 aromatic rings. The van der Waals surface area contributed by atoms with Crippen LogP contribution in [0.15, 0.2) is 30.3 Å². The first-order chi connectivity index (χ1) is 8.86. The third-order valence-electron chi connectivity index (χ3n) is 3.10. The average molecular weight is 264 g/mol. The van der Waals surface area contributed by atoms with Gasteiger partial charge in [0.2, 0.25) is 5.88 Å². The van der Waals surface area contributed by atoms with Gasteiger partial charge in [0.15, 0.2) is 0 Å². The zero-order chi connectivity index (χ0) is 12.4. The van der Waals surface area contributed by atoms with Crippen molar-refractivity contribution in [2.45, 2.75) is 18.4 Å². The van der Waals surface area contributed by atoms with Gasteiger partial charge in [0, 0.05) is 23.8 Å². The largest absolute Gasteiger partial charge is 0.472 e. The molecule has 3 nitrogen and oxygen atoms in total. The number of ether oxygens (including phenoxy) is 2. The molecule has 0 amide bonds. The van der Waals surface area contributed by atoms with Gasteiger partial charge in [-0.15, -0.1) is 11.6 Å². The molecule has 2 heterocycles. The lowest BCUT2D eigenvalue weighted by Crippen LogP contribution is -2.16. The van der Waals surface area contributed by atoms with Crippen molar-refractivity contribution in [3.63, 3.8) is 0 Å². The van der Waals surface area contributed by atoms with E-state index < -0.39 is 0 Å². The Hall–Kier alpha value is -1.32. The number of para-hydroxylation sites is 1. The Morgan fingerprint density at radius 3 is 3.06 bits per heavy atom. The van der Waals surface area contributed by atoms with Crippen molar-refractivity contribution in [1.29, 1.82) is 0 Å². The van der Waals surface area contributed by atoms with Crippen molar-refractivity contribution in [3.05, 3.63) is 35.9 Å². The number of hydrogen-bond donors (Lipinski definition) is 0. The zero-order valence-electron chi connectivity index (χ0n) is 9.93. The molecule has 1 unspecified atom stereocenters. The molecule has 1 aromatic heterocycles. The van der Waals surface area contributed by atoms with Crippen molar-refractivity contribution in [2.24, 2.45) is 0 Å². The third-order valence-corrected chi connectivity index (χ3v) is 3.39. The summed E-state index contributed by atoms with van der Waals surface area (Å²) >= 11 is 5.99. The molecule has 1 aliphatic rings. The highest BCUT2D eigenvalue weighted by molar-refractivity contribution is 6.18. The summed E-state index contributed by atoms with van der Waals surface area (Å²) in [6.07, 6.45) is 1.03. The van der Waals surface area contributed by atoms with Crippen LogP contribution in [-0.2, 0) is 10.6 Å². The molecule has 0 aliphatic carbocycles. The van der Waals surface area contributed by atoms with Crippen LogP contribution < -0.4 is 4.74 Å². The lowest BCUT2D eigenvalue weighted by atomic mass is 10.1. The summed E-state index contributed by atoms with van der Waals surface area (Å²) < 4.78 is 11.1. The summed E-state index contributed by atoms with van der Waals surface area (Å²) in [5.41, 5.74) is 1.97. The number of benzene rings is 1. The first-order valence-electron chi connectivity index (χ1n) is 6.06. The monoisotopic (exact) mass is 263 g/mol. The van der Waals surface area contributed by atoms with Gasteiger partial charge in [0.05, 0.1) is 18.7 Å². The van der Waals surface area contributed by atoms with Crippen LogP contribution in [-0.4, -0.2) is 24.3 Å². The second kappa shape index (κ2) is 5.12. The fourth-order valence-corrected chi connectivity index (χ4v) is 2.39. The molecule has 1 aliphatic heterocycles. The number of nitrogens with zero attached hydrogens (tertiary/aromatic N) is 1. The van der Waals surface area contributed by atoms with Gasteiger partial charge >= 0.3 is 0 Å². The van der Waals surface area contributed by atoms with Gasteiger partial charge < -0.3 is 9.47 Å². The Labute approximate surface area is 111 Å². The van der Waals surface area contributed by atoms with Crippen molar-refractivity contribution >= 4 is 22.5 Å². The molecular formula is C14H14ClNO2. The predicted molar refractivity (Wildman–Crippen MR) is 71.2 cm³/mol. The number of fused-ring (bicyclic) bond motifs is 1. The second-order valence-corrected chi connectivity index (χ2v) is 4.64. The fraction of sp³-hybridized carbons (Fsp3) is 0.357. The van der Waals surface area contributed by atoms with E-state index in [4.69, 9.17) is 21.1 Å². The summed E-state index contributed by atoms with van der Waals surface area (Å²) in [5, 5.41) is 1.09. The summed E-state index contributed by atoms with van der Waals surface area (Å²) in [6.45, 7) is 1.41. The topological polar surface area (TPSA) is 31.4 Å². The minimum atomic E-state index is 0.113. The van der Waals surface area contributed by atoms with Crippen LogP contribution in [0.4, 0.5) is 0 Å². The van der Waals surface area contributed by atoms with E-state index in [1.165, 1.54) is 0 Å². The SMILES string of the molecule is ClCc1cc(OC2CCOC2)nc2ccccc12. The molecule has 1 fully saturated rings. The minimum absolute atomic E-state index is 0.113. The fourth-order valence-electron chi connectivity index (χ4n) is 2.17. The molecule has 1 aromatic carbocycles. The highest BCUT2D eigenvalue weighted by Crippen LogP contribution is 2.24. The zero-order valence-corrected chi connectivity index (χ0v) is 10.7. The van der Waals surface area contributed by atoms with E-state index in [1.807, 2.05) is 30.3 Å². The maximum Gasteiger partial charge on any atom is 0.214 e. The summed E-state index contributed by atoms with van der Waals surface area (Å²) in [4.78, 5) is 4.51. The number of halogens is 1. The van der Waals surface area contributed by atoms with E-state index in [0.717, 1.165) is 29.5 Å². The predicted octanol–water partition coefficient (Wildman–Crippen LogP) is 3.14. The molecule has 0 spiro atoms. The number of rotatable bonds is 3. The van der Waals surface area contributed by atoms with E-state index in [0.29, 0.717) is 18.4 Å².